The van der Waals surface area contributed by atoms with E-state index in [0.29, 0.717) is 6.17 Å². The summed E-state index contributed by atoms with van der Waals surface area (Å²) in [7, 11) is 0. The fourth-order valence-corrected chi connectivity index (χ4v) is 1.23. The van der Waals surface area contributed by atoms with Crippen molar-refractivity contribution in [3.63, 3.8) is 0 Å². The number of nitrogens with zero attached hydrogens (tertiary/aromatic N) is 1. The summed E-state index contributed by atoms with van der Waals surface area (Å²) in [4.78, 5) is 2.35. The van der Waals surface area contributed by atoms with Gasteiger partial charge in [0.2, 0.25) is 0 Å². The van der Waals surface area contributed by atoms with E-state index < -0.39 is 0 Å². The molecule has 0 bridgehead atoms. The first-order valence-corrected chi connectivity index (χ1v) is 4.44. The number of hydrogen-bond acceptors (Lipinski definition) is 2. The van der Waals surface area contributed by atoms with Crippen molar-refractivity contribution in [3.05, 3.63) is 0 Å². The van der Waals surface area contributed by atoms with Gasteiger partial charge in [-0.3, -0.25) is 4.90 Å². The summed E-state index contributed by atoms with van der Waals surface area (Å²) in [5.74, 6) is 0. The van der Waals surface area contributed by atoms with Crippen molar-refractivity contribution < 1.29 is 0 Å². The van der Waals surface area contributed by atoms with Crippen molar-refractivity contribution in [1.29, 1.82) is 0 Å². The van der Waals surface area contributed by atoms with Crippen LogP contribution in [0.2, 0.25) is 0 Å². The molecule has 2 nitrogen and oxygen atoms in total. The van der Waals surface area contributed by atoms with Crippen molar-refractivity contribution >= 4 is 22.9 Å². The zero-order chi connectivity index (χ0) is 7.28. The molecule has 0 aliphatic carbocycles. The van der Waals surface area contributed by atoms with Crippen LogP contribution in [0, 0.1) is 0 Å². The molecule has 0 spiro atoms. The van der Waals surface area contributed by atoms with Gasteiger partial charge in [0, 0.05) is 22.9 Å². The van der Waals surface area contributed by atoms with Crippen LogP contribution >= 0.6 is 22.9 Å². The van der Waals surface area contributed by atoms with Gasteiger partial charge in [0.15, 0.2) is 0 Å². The molecule has 1 unspecified atom stereocenters. The fourth-order valence-electron chi connectivity index (χ4n) is 0.840. The summed E-state index contributed by atoms with van der Waals surface area (Å²) in [6, 6.07) is 0. The molecule has 0 saturated heterocycles. The van der Waals surface area contributed by atoms with E-state index in [1.807, 2.05) is 0 Å². The summed E-state index contributed by atoms with van der Waals surface area (Å²) in [6.07, 6.45) is 0.501. The Bertz CT molecular complexity index is 64.1. The molecule has 1 N–H and O–H groups in total. The van der Waals surface area contributed by atoms with Crippen molar-refractivity contribution in [2.24, 2.45) is 0 Å². The molecule has 0 rings (SSSR count). The molecule has 56 valence electrons. The molecule has 0 aliphatic rings. The van der Waals surface area contributed by atoms with Crippen LogP contribution in [0.5, 0.6) is 0 Å². The van der Waals surface area contributed by atoms with Gasteiger partial charge in [-0.2, -0.15) is 0 Å². The number of nitrogens with one attached hydrogen (secondary N) is 1. The molecule has 3 heteroatoms. The molecule has 0 saturated carbocycles. The highest BCUT2D eigenvalue weighted by Crippen LogP contribution is 1.95. The third-order valence-electron chi connectivity index (χ3n) is 1.52. The summed E-state index contributed by atoms with van der Waals surface area (Å²) < 4.78 is 3.16. The second-order valence-corrected chi connectivity index (χ2v) is 2.63. The Morgan fingerprint density at radius 1 is 1.44 bits per heavy atom. The zero-order valence-electron chi connectivity index (χ0n) is 6.32. The maximum Gasteiger partial charge on any atom is 0.0655 e. The average Bonchev–Trinajstić information content (AvgIpc) is 1.90. The molecular formula is C6H15IN2. The Morgan fingerprint density at radius 3 is 2.00 bits per heavy atom. The van der Waals surface area contributed by atoms with Gasteiger partial charge in [0.05, 0.1) is 6.17 Å². The second kappa shape index (κ2) is 5.44. The van der Waals surface area contributed by atoms with E-state index in [1.54, 1.807) is 0 Å². The molecule has 0 heterocycles. The Hall–Kier alpha value is 0.650. The SMILES string of the molecule is CCN(CC)C(C)NI. The topological polar surface area (TPSA) is 15.3 Å². The molecule has 0 aromatic rings. The molecule has 0 aliphatic heterocycles. The van der Waals surface area contributed by atoms with Crippen LogP contribution in [-0.4, -0.2) is 24.2 Å². The molecule has 1 atom stereocenters. The van der Waals surface area contributed by atoms with Gasteiger partial charge >= 0.3 is 0 Å². The maximum atomic E-state index is 3.16. The Morgan fingerprint density at radius 2 is 1.89 bits per heavy atom. The van der Waals surface area contributed by atoms with Crippen molar-refractivity contribution in [2.75, 3.05) is 13.1 Å². The smallest absolute Gasteiger partial charge is 0.0655 e. The number of rotatable bonds is 4. The van der Waals surface area contributed by atoms with E-state index in [-0.39, 0.29) is 0 Å². The van der Waals surface area contributed by atoms with Gasteiger partial charge in [-0.15, -0.1) is 0 Å². The summed E-state index contributed by atoms with van der Waals surface area (Å²) in [5, 5.41) is 0. The quantitative estimate of drug-likeness (QED) is 0.457. The summed E-state index contributed by atoms with van der Waals surface area (Å²) in [5.41, 5.74) is 0. The minimum absolute atomic E-state index is 0.501. The highest BCUT2D eigenvalue weighted by molar-refractivity contribution is 14.1. The average molecular weight is 242 g/mol. The Balaban J connectivity index is 3.50. The largest absolute Gasteiger partial charge is 0.288 e. The lowest BCUT2D eigenvalue weighted by atomic mass is 10.4. The van der Waals surface area contributed by atoms with Gasteiger partial charge in [0.1, 0.15) is 0 Å². The van der Waals surface area contributed by atoms with E-state index >= 15 is 0 Å². The molecule has 0 aromatic carbocycles. The first-order chi connectivity index (χ1) is 4.26. The first-order valence-electron chi connectivity index (χ1n) is 3.36. The molecule has 0 aromatic heterocycles. The minimum Gasteiger partial charge on any atom is -0.288 e. The lowest BCUT2D eigenvalue weighted by Gasteiger charge is -2.24. The normalized spacial score (nSPS) is 14.3. The van der Waals surface area contributed by atoms with Crippen LogP contribution in [0.1, 0.15) is 20.8 Å². The van der Waals surface area contributed by atoms with Crippen LogP contribution in [0.4, 0.5) is 0 Å². The molecular weight excluding hydrogens is 227 g/mol. The van der Waals surface area contributed by atoms with E-state index in [4.69, 9.17) is 0 Å². The Labute approximate surface area is 71.5 Å². The maximum absolute atomic E-state index is 3.16. The van der Waals surface area contributed by atoms with Crippen LogP contribution in [0.3, 0.4) is 0 Å². The van der Waals surface area contributed by atoms with E-state index in [9.17, 15) is 0 Å². The predicted octanol–water partition coefficient (Wildman–Crippen LogP) is 1.61. The van der Waals surface area contributed by atoms with Crippen LogP contribution in [0.15, 0.2) is 0 Å². The van der Waals surface area contributed by atoms with Gasteiger partial charge in [0.25, 0.3) is 0 Å². The molecule has 9 heavy (non-hydrogen) atoms. The predicted molar refractivity (Wildman–Crippen MR) is 49.5 cm³/mol. The lowest BCUT2D eigenvalue weighted by molar-refractivity contribution is 0.228. The van der Waals surface area contributed by atoms with Crippen molar-refractivity contribution in [2.45, 2.75) is 26.9 Å². The van der Waals surface area contributed by atoms with E-state index in [2.05, 4.69) is 52.1 Å². The second-order valence-electron chi connectivity index (χ2n) is 2.01. The monoisotopic (exact) mass is 242 g/mol. The van der Waals surface area contributed by atoms with E-state index in [0.717, 1.165) is 13.1 Å². The van der Waals surface area contributed by atoms with Crippen LogP contribution in [0.25, 0.3) is 0 Å². The molecule has 0 fully saturated rings. The lowest BCUT2D eigenvalue weighted by Crippen LogP contribution is -2.38. The molecule has 0 radical (unpaired) electrons. The zero-order valence-corrected chi connectivity index (χ0v) is 8.47. The third kappa shape index (κ3) is 3.37. The van der Waals surface area contributed by atoms with E-state index in [1.165, 1.54) is 0 Å². The number of hydrogen-bond donors (Lipinski definition) is 1. The highest BCUT2D eigenvalue weighted by Gasteiger charge is 2.05. The van der Waals surface area contributed by atoms with Crippen LogP contribution in [-0.2, 0) is 0 Å². The summed E-state index contributed by atoms with van der Waals surface area (Å²) >= 11 is 2.18. The number of halogens is 1. The third-order valence-corrected chi connectivity index (χ3v) is 2.42. The van der Waals surface area contributed by atoms with Gasteiger partial charge in [-0.25, -0.2) is 3.53 Å². The van der Waals surface area contributed by atoms with Gasteiger partial charge in [-0.1, -0.05) is 13.8 Å². The molecule has 0 amide bonds. The minimum atomic E-state index is 0.501. The van der Waals surface area contributed by atoms with Crippen LogP contribution < -0.4 is 3.53 Å². The Kier molecular flexibility index (Phi) is 5.83. The van der Waals surface area contributed by atoms with Crippen molar-refractivity contribution in [3.8, 4) is 0 Å². The first kappa shape index (κ1) is 9.65. The summed E-state index contributed by atoms with van der Waals surface area (Å²) in [6.45, 7) is 8.75. The van der Waals surface area contributed by atoms with Gasteiger partial charge < -0.3 is 0 Å². The fraction of sp³-hybridized carbons (Fsp3) is 1.00. The highest BCUT2D eigenvalue weighted by atomic mass is 127. The standard InChI is InChI=1S/C6H15IN2/c1-4-9(5-2)6(3)8-7/h6,8H,4-5H2,1-3H3. The van der Waals surface area contributed by atoms with Gasteiger partial charge in [-0.05, 0) is 20.0 Å². The van der Waals surface area contributed by atoms with Crippen molar-refractivity contribution in [1.82, 2.24) is 8.43 Å².